The molecule has 2 nitrogen and oxygen atoms in total. The zero-order valence-corrected chi connectivity index (χ0v) is 20.1. The van der Waals surface area contributed by atoms with Crippen LogP contribution in [-0.4, -0.2) is 9.97 Å². The summed E-state index contributed by atoms with van der Waals surface area (Å²) in [6.45, 7) is 4.21. The quantitative estimate of drug-likeness (QED) is 0.229. The molecule has 0 spiro atoms. The van der Waals surface area contributed by atoms with Crippen LogP contribution < -0.4 is 0 Å². The summed E-state index contributed by atoms with van der Waals surface area (Å²) in [5, 5.41) is 12.6. The van der Waals surface area contributed by atoms with Crippen LogP contribution in [0.1, 0.15) is 11.4 Å². The van der Waals surface area contributed by atoms with Crippen LogP contribution in [0.25, 0.3) is 76.0 Å². The fraction of sp³-hybridized carbons (Fsp3) is 0.0588. The molecule has 0 atom stereocenters. The lowest BCUT2D eigenvalue weighted by Crippen LogP contribution is -1.96. The summed E-state index contributed by atoms with van der Waals surface area (Å²) in [6, 6.07) is 35.3. The Balaban J connectivity index is 1.48. The number of nitrogens with zero attached hydrogens (tertiary/aromatic N) is 2. The Morgan fingerprint density at radius 3 is 1.64 bits per heavy atom. The first-order valence-electron chi connectivity index (χ1n) is 12.4. The van der Waals surface area contributed by atoms with E-state index in [1.165, 1.54) is 65.0 Å². The van der Waals surface area contributed by atoms with Gasteiger partial charge >= 0.3 is 0 Å². The highest BCUT2D eigenvalue weighted by Gasteiger charge is 2.16. The van der Waals surface area contributed by atoms with Crippen LogP contribution in [0.2, 0.25) is 0 Å². The van der Waals surface area contributed by atoms with Crippen LogP contribution in [0.5, 0.6) is 0 Å². The second kappa shape index (κ2) is 6.99. The first-order chi connectivity index (χ1) is 17.7. The molecule has 0 radical (unpaired) electrons. The summed E-state index contributed by atoms with van der Waals surface area (Å²) in [5.41, 5.74) is 6.56. The van der Waals surface area contributed by atoms with E-state index in [1.54, 1.807) is 0 Å². The van der Waals surface area contributed by atoms with Gasteiger partial charge < -0.3 is 0 Å². The normalized spacial score (nSPS) is 12.2. The van der Waals surface area contributed by atoms with Crippen molar-refractivity contribution in [3.63, 3.8) is 0 Å². The number of aryl methyl sites for hydroxylation is 2. The van der Waals surface area contributed by atoms with E-state index in [1.807, 2.05) is 0 Å². The van der Waals surface area contributed by atoms with Gasteiger partial charge in [0.1, 0.15) is 0 Å². The highest BCUT2D eigenvalue weighted by molar-refractivity contribution is 6.26. The highest BCUT2D eigenvalue weighted by atomic mass is 14.7. The molecule has 0 aliphatic carbocycles. The number of fused-ring (bicyclic) bond motifs is 6. The Bertz CT molecular complexity index is 2140. The molecule has 2 heterocycles. The molecule has 6 aromatic carbocycles. The molecule has 168 valence electrons. The second-order valence-corrected chi connectivity index (χ2v) is 9.86. The van der Waals surface area contributed by atoms with Gasteiger partial charge in [-0.3, -0.25) is 9.97 Å². The molecular formula is C34H22N2. The number of benzene rings is 6. The third kappa shape index (κ3) is 2.56. The molecule has 0 N–H and O–H groups in total. The van der Waals surface area contributed by atoms with Crippen LogP contribution in [0, 0.1) is 13.8 Å². The molecule has 0 aliphatic heterocycles. The van der Waals surface area contributed by atoms with Crippen molar-refractivity contribution < 1.29 is 0 Å². The van der Waals surface area contributed by atoms with Crippen LogP contribution in [0.3, 0.4) is 0 Å². The smallest absolute Gasteiger partial charge is 0.0725 e. The third-order valence-electron chi connectivity index (χ3n) is 7.84. The molecule has 0 fully saturated rings. The van der Waals surface area contributed by atoms with Gasteiger partial charge in [0, 0.05) is 32.9 Å². The van der Waals surface area contributed by atoms with E-state index in [2.05, 4.69) is 111 Å². The standard InChI is InChI=1S/C34H22N2/c1-19-23-12-7-13-31-33(23)34-29(20(2)35-31)17-22(18-32(34)36-19)21-14-15-28-26-10-4-3-8-24(26)25-9-5-6-11-27(25)30(28)16-21/h3-18H,1-2H3. The fourth-order valence-corrected chi connectivity index (χ4v) is 6.20. The summed E-state index contributed by atoms with van der Waals surface area (Å²) >= 11 is 0. The molecule has 0 bridgehead atoms. The maximum atomic E-state index is 5.06. The van der Waals surface area contributed by atoms with Gasteiger partial charge in [-0.05, 0) is 81.6 Å². The van der Waals surface area contributed by atoms with Gasteiger partial charge in [0.05, 0.1) is 11.0 Å². The zero-order chi connectivity index (χ0) is 24.0. The van der Waals surface area contributed by atoms with Gasteiger partial charge in [0.25, 0.3) is 0 Å². The number of rotatable bonds is 1. The molecule has 0 aliphatic rings. The molecule has 2 aromatic heterocycles. The van der Waals surface area contributed by atoms with Gasteiger partial charge in [0.15, 0.2) is 0 Å². The molecule has 2 heteroatoms. The average molecular weight is 459 g/mol. The second-order valence-electron chi connectivity index (χ2n) is 9.86. The van der Waals surface area contributed by atoms with Crippen LogP contribution >= 0.6 is 0 Å². The van der Waals surface area contributed by atoms with Crippen LogP contribution in [0.15, 0.2) is 97.1 Å². The zero-order valence-electron chi connectivity index (χ0n) is 20.1. The Labute approximate surface area is 208 Å². The predicted molar refractivity (Wildman–Crippen MR) is 153 cm³/mol. The van der Waals surface area contributed by atoms with E-state index in [0.717, 1.165) is 22.4 Å². The minimum absolute atomic E-state index is 1.04. The lowest BCUT2D eigenvalue weighted by molar-refractivity contribution is 1.26. The van der Waals surface area contributed by atoms with Crippen molar-refractivity contribution in [1.29, 1.82) is 0 Å². The van der Waals surface area contributed by atoms with Gasteiger partial charge in [0.2, 0.25) is 0 Å². The maximum Gasteiger partial charge on any atom is 0.0725 e. The molecule has 0 saturated heterocycles. The first kappa shape index (κ1) is 19.7. The Morgan fingerprint density at radius 1 is 0.389 bits per heavy atom. The fourth-order valence-electron chi connectivity index (χ4n) is 6.20. The summed E-state index contributed by atoms with van der Waals surface area (Å²) in [6.07, 6.45) is 0. The lowest BCUT2D eigenvalue weighted by atomic mass is 9.90. The van der Waals surface area contributed by atoms with Crippen molar-refractivity contribution in [3.8, 4) is 11.1 Å². The van der Waals surface area contributed by atoms with E-state index < -0.39 is 0 Å². The van der Waals surface area contributed by atoms with Gasteiger partial charge in [-0.1, -0.05) is 72.8 Å². The SMILES string of the molecule is Cc1nc2cc(-c3ccc4c5ccccc5c5ccccc5c4c3)cc3c(C)nc4cccc1c4c23. The number of hydrogen-bond donors (Lipinski definition) is 0. The van der Waals surface area contributed by atoms with E-state index in [9.17, 15) is 0 Å². The average Bonchev–Trinajstić information content (AvgIpc) is 2.92. The van der Waals surface area contributed by atoms with Crippen molar-refractivity contribution in [2.45, 2.75) is 13.8 Å². The molecule has 36 heavy (non-hydrogen) atoms. The van der Waals surface area contributed by atoms with E-state index in [4.69, 9.17) is 9.97 Å². The summed E-state index contributed by atoms with van der Waals surface area (Å²) in [7, 11) is 0. The van der Waals surface area contributed by atoms with Gasteiger partial charge in [-0.15, -0.1) is 0 Å². The topological polar surface area (TPSA) is 25.8 Å². The number of aromatic nitrogens is 2. The molecular weight excluding hydrogens is 436 g/mol. The minimum Gasteiger partial charge on any atom is -0.252 e. The lowest BCUT2D eigenvalue weighted by Gasteiger charge is -2.16. The first-order valence-corrected chi connectivity index (χ1v) is 12.4. The molecule has 0 saturated carbocycles. The monoisotopic (exact) mass is 458 g/mol. The van der Waals surface area contributed by atoms with Crippen LogP contribution in [0.4, 0.5) is 0 Å². The van der Waals surface area contributed by atoms with Crippen molar-refractivity contribution >= 4 is 64.9 Å². The minimum atomic E-state index is 1.04. The van der Waals surface area contributed by atoms with Gasteiger partial charge in [-0.25, -0.2) is 0 Å². The van der Waals surface area contributed by atoms with Crippen molar-refractivity contribution in [2.24, 2.45) is 0 Å². The van der Waals surface area contributed by atoms with E-state index >= 15 is 0 Å². The van der Waals surface area contributed by atoms with Crippen molar-refractivity contribution in [3.05, 3.63) is 108 Å². The molecule has 0 unspecified atom stereocenters. The number of pyridine rings is 2. The van der Waals surface area contributed by atoms with Crippen molar-refractivity contribution in [2.75, 3.05) is 0 Å². The van der Waals surface area contributed by atoms with Crippen LogP contribution in [-0.2, 0) is 0 Å². The highest BCUT2D eigenvalue weighted by Crippen LogP contribution is 2.40. The Morgan fingerprint density at radius 2 is 0.917 bits per heavy atom. The van der Waals surface area contributed by atoms with E-state index in [-0.39, 0.29) is 0 Å². The molecule has 0 amide bonds. The number of hydrogen-bond acceptors (Lipinski definition) is 2. The molecule has 8 rings (SSSR count). The summed E-state index contributed by atoms with van der Waals surface area (Å²) in [4.78, 5) is 10.0. The largest absolute Gasteiger partial charge is 0.252 e. The van der Waals surface area contributed by atoms with Crippen molar-refractivity contribution in [1.82, 2.24) is 9.97 Å². The summed E-state index contributed by atoms with van der Waals surface area (Å²) in [5.74, 6) is 0. The van der Waals surface area contributed by atoms with Gasteiger partial charge in [-0.2, -0.15) is 0 Å². The molecule has 8 aromatic rings. The Kier molecular flexibility index (Phi) is 3.83. The maximum absolute atomic E-state index is 5.06. The third-order valence-corrected chi connectivity index (χ3v) is 7.84. The summed E-state index contributed by atoms with van der Waals surface area (Å²) < 4.78 is 0. The Hall–Kier alpha value is -4.56. The predicted octanol–water partition coefficient (Wildman–Crippen LogP) is 9.12. The van der Waals surface area contributed by atoms with E-state index in [0.29, 0.717) is 0 Å².